The number of hydrogen-bond acceptors (Lipinski definition) is 25. The van der Waals surface area contributed by atoms with Gasteiger partial charge >= 0.3 is 0 Å². The highest BCUT2D eigenvalue weighted by molar-refractivity contribution is 6.44. The molecule has 10 fully saturated rings. The topological polar surface area (TPSA) is 451 Å². The van der Waals surface area contributed by atoms with Gasteiger partial charge in [0.2, 0.25) is 29.7 Å². The monoisotopic (exact) mass is 2040 g/mol. The van der Waals surface area contributed by atoms with Crippen LogP contribution in [0.5, 0.6) is 0 Å². The maximum atomic E-state index is 14.6. The highest BCUT2D eigenvalue weighted by Crippen LogP contribution is 2.56. The van der Waals surface area contributed by atoms with Gasteiger partial charge in [-0.3, -0.25) is 46.8 Å². The van der Waals surface area contributed by atoms with Crippen LogP contribution >= 0.6 is 46.4 Å². The summed E-state index contributed by atoms with van der Waals surface area (Å²) in [6, 6.07) is 32.8. The van der Waals surface area contributed by atoms with E-state index in [-0.39, 0.29) is 136 Å². The third-order valence-electron chi connectivity index (χ3n) is 33.4. The standard InChI is InChI=1S/C21H26Cl2FN5O.C21H27Cl2N5O.C21H27F2N5O.C21H28FN5O.C21H29N5O/c1-20(24)10-14(25)21(11-20)6-8-29(9-7-21)19-27-17(26)15(18(30)28(19)2)12-4-3-5-13(22)16(12)23;1-12-10-15(24)21(11-12)6-8-28(9-7-21)20-26-18(25)16(19(29)27(20)2)13-4-3-5-14(22)17(13)23;1-12-9-16(24)21(11-12)5-7-28(8-6-21)20-26-18(25)17(19(29)27(20)2)13-3-4-14(22)15(23)10-13;1-20(22)12-15(23)21(13-20)8-10-27(11-9-21)19-25-17(24)16(18(28)26(19)2)14-6-4-3-5-7-14;1-14-12-16(22)21(13-14)8-10-26(11-9-21)20-24-18(23)17(19(27)25(20)2)15-6-4-3-5-7-15/h3-5,14H,6-11,25-26H2,1-2H3;3-5,12,15H,6-11,24-25H2,1-2H3;3-4,10,12,16H,5-9,11,24-25H2,1-2H3;3-7,15H,8-13,23-24H2,1-2H3;3-7,14,16H,8-13,22-23H2,1-2H3/t14-,20?;12-,15+;12-,16+;15-,20?;14-,16+/m10010/s1. The Morgan fingerprint density at radius 1 is 0.315 bits per heavy atom. The molecule has 5 aromatic heterocycles. The first kappa shape index (κ1) is 105. The fraction of sp³-hybridized carbons (Fsp3) is 0.524. The average molecular weight is 2050 g/mol. The summed E-state index contributed by atoms with van der Waals surface area (Å²) < 4.78 is 63.6. The molecule has 10 heterocycles. The van der Waals surface area contributed by atoms with Crippen molar-refractivity contribution >= 4 is 105 Å². The van der Waals surface area contributed by atoms with Gasteiger partial charge in [-0.1, -0.05) is 158 Å². The minimum Gasteiger partial charge on any atom is -0.383 e. The molecule has 10 atom stereocenters. The highest BCUT2D eigenvalue weighted by atomic mass is 35.5. The number of aromatic nitrogens is 10. The number of nitrogens with zero attached hydrogens (tertiary/aromatic N) is 15. The number of alkyl halides is 2. The Labute approximate surface area is 851 Å². The maximum absolute atomic E-state index is 14.6. The first-order valence-corrected chi connectivity index (χ1v) is 51.3. The molecular weight excluding hydrogens is 1910 g/mol. The molecule has 768 valence electrons. The zero-order chi connectivity index (χ0) is 103. The minimum atomic E-state index is -1.21. The number of piperidine rings is 5. The molecule has 0 bridgehead atoms. The molecule has 10 aromatic rings. The third kappa shape index (κ3) is 20.7. The molecule has 10 aliphatic rings. The van der Waals surface area contributed by atoms with Crippen molar-refractivity contribution in [1.82, 2.24) is 47.8 Å². The van der Waals surface area contributed by atoms with E-state index in [1.165, 1.54) is 28.0 Å². The van der Waals surface area contributed by atoms with E-state index in [4.69, 9.17) is 104 Å². The Kier molecular flexibility index (Phi) is 30.3. The second kappa shape index (κ2) is 41.2. The molecule has 5 spiro atoms. The van der Waals surface area contributed by atoms with Gasteiger partial charge < -0.3 is 81.8 Å². The van der Waals surface area contributed by atoms with Gasteiger partial charge in [-0.15, -0.1) is 0 Å². The van der Waals surface area contributed by atoms with Crippen molar-refractivity contribution < 1.29 is 17.6 Å². The Morgan fingerprint density at radius 2 is 0.566 bits per heavy atom. The lowest BCUT2D eigenvalue weighted by Crippen LogP contribution is -2.48. The van der Waals surface area contributed by atoms with E-state index < -0.39 is 23.0 Å². The lowest BCUT2D eigenvalue weighted by atomic mass is 9.74. The Hall–Kier alpha value is -10.8. The predicted octanol–water partition coefficient (Wildman–Crippen LogP) is 14.9. The summed E-state index contributed by atoms with van der Waals surface area (Å²) in [5, 5.41) is 1.28. The van der Waals surface area contributed by atoms with Crippen LogP contribution in [-0.2, 0) is 35.2 Å². The normalized spacial score (nSPS) is 24.9. The smallest absolute Gasteiger partial charge is 0.264 e. The van der Waals surface area contributed by atoms with Crippen LogP contribution in [0.4, 0.5) is 76.4 Å². The van der Waals surface area contributed by atoms with Crippen molar-refractivity contribution in [3.8, 4) is 55.6 Å². The zero-order valence-electron chi connectivity index (χ0n) is 83.3. The van der Waals surface area contributed by atoms with Crippen LogP contribution in [0.3, 0.4) is 0 Å². The van der Waals surface area contributed by atoms with Crippen LogP contribution < -0.4 is 110 Å². The average Bonchev–Trinajstić information content (AvgIpc) is 1.69. The minimum absolute atomic E-state index is 0.0144. The summed E-state index contributed by atoms with van der Waals surface area (Å²) in [6.07, 6.45) is 17.8. The van der Waals surface area contributed by atoms with Gasteiger partial charge in [0.1, 0.15) is 40.4 Å². The van der Waals surface area contributed by atoms with E-state index in [9.17, 15) is 41.5 Å². The molecule has 5 saturated heterocycles. The molecule has 5 aliphatic carbocycles. The number of nitrogen functional groups attached to an aromatic ring is 5. The highest BCUT2D eigenvalue weighted by Gasteiger charge is 2.56. The van der Waals surface area contributed by atoms with Gasteiger partial charge in [0.15, 0.2) is 11.6 Å². The SMILES string of the molecule is C[C@H]1C[C@@H](N)C2(CCN(c3nc(N)c(-c4ccc(F)c(F)c4)c(=O)n3C)CC2)C1.C[C@H]1C[C@@H](N)C2(CCN(c3nc(N)c(-c4cccc(Cl)c4Cl)c(=O)n3C)CC2)C1.C[C@H]1C[C@@H](N)C2(CCN(c3nc(N)c(-c4ccccc4)c(=O)n3C)CC2)C1.Cn1c(N2CCC3(CC2)CC(C)(F)C[C@H]3N)nc(N)c(-c2cccc(Cl)c2Cl)c1=O.Cn1c(N2CCC3(CC2)CC(C)(F)C[C@H]3N)nc(N)c(-c2ccccc2)c1=O. The van der Waals surface area contributed by atoms with Gasteiger partial charge in [0.05, 0.1) is 47.9 Å². The summed E-state index contributed by atoms with van der Waals surface area (Å²) in [5.74, 6) is 3.62. The summed E-state index contributed by atoms with van der Waals surface area (Å²) in [4.78, 5) is 98.5. The summed E-state index contributed by atoms with van der Waals surface area (Å²) >= 11 is 24.9. The lowest BCUT2D eigenvalue weighted by Gasteiger charge is -2.42. The van der Waals surface area contributed by atoms with Crippen molar-refractivity contribution in [2.75, 3.05) is 119 Å². The van der Waals surface area contributed by atoms with Gasteiger partial charge in [0.25, 0.3) is 27.8 Å². The van der Waals surface area contributed by atoms with Gasteiger partial charge in [-0.2, -0.15) is 24.9 Å². The van der Waals surface area contributed by atoms with E-state index in [1.54, 1.807) is 99.2 Å². The van der Waals surface area contributed by atoms with E-state index >= 15 is 0 Å². The molecular formula is C105H137Cl4F4N25O5. The number of nitrogens with two attached hydrogens (primary N) is 10. The third-order valence-corrected chi connectivity index (χ3v) is 35.0. The van der Waals surface area contributed by atoms with Crippen LogP contribution in [0.1, 0.15) is 163 Å². The van der Waals surface area contributed by atoms with E-state index in [1.807, 2.05) is 65.6 Å². The fourth-order valence-electron chi connectivity index (χ4n) is 25.7. The quantitative estimate of drug-likeness (QED) is 0.0568. The molecule has 5 aliphatic heterocycles. The summed E-state index contributed by atoms with van der Waals surface area (Å²) in [7, 11) is 8.52. The number of halogens is 8. The van der Waals surface area contributed by atoms with Crippen molar-refractivity contribution in [2.45, 2.75) is 205 Å². The molecule has 0 amide bonds. The molecule has 143 heavy (non-hydrogen) atoms. The number of rotatable bonds is 10. The van der Waals surface area contributed by atoms with Gasteiger partial charge in [-0.05, 0) is 228 Å². The van der Waals surface area contributed by atoms with Crippen molar-refractivity contribution in [2.24, 2.45) is 109 Å². The van der Waals surface area contributed by atoms with Crippen LogP contribution in [-0.4, -0.2) is 155 Å². The molecule has 20 rings (SSSR count). The molecule has 5 saturated carbocycles. The van der Waals surface area contributed by atoms with E-state index in [0.717, 1.165) is 152 Å². The number of benzene rings is 5. The molecule has 38 heteroatoms. The maximum Gasteiger partial charge on any atom is 0.264 e. The van der Waals surface area contributed by atoms with Crippen LogP contribution in [0.2, 0.25) is 20.1 Å². The summed E-state index contributed by atoms with van der Waals surface area (Å²) in [5.41, 5.74) is 63.9. The Morgan fingerprint density at radius 3 is 0.811 bits per heavy atom. The van der Waals surface area contributed by atoms with Crippen LogP contribution in [0.25, 0.3) is 55.6 Å². The molecule has 2 unspecified atom stereocenters. The summed E-state index contributed by atoms with van der Waals surface area (Å²) in [6.45, 7) is 17.7. The first-order valence-electron chi connectivity index (χ1n) is 49.8. The molecule has 30 nitrogen and oxygen atoms in total. The lowest BCUT2D eigenvalue weighted by molar-refractivity contribution is 0.141. The Balaban J connectivity index is 0.000000128. The van der Waals surface area contributed by atoms with E-state index in [2.05, 4.69) is 65.3 Å². The second-order valence-corrected chi connectivity index (χ2v) is 44.8. The van der Waals surface area contributed by atoms with E-state index in [0.29, 0.717) is 142 Å². The van der Waals surface area contributed by atoms with Gasteiger partial charge in [-0.25, -0.2) is 17.6 Å². The Bertz CT molecular complexity index is 6710. The second-order valence-electron chi connectivity index (χ2n) is 43.2. The number of hydrogen-bond donors (Lipinski definition) is 10. The van der Waals surface area contributed by atoms with Crippen molar-refractivity contribution in [3.63, 3.8) is 0 Å². The predicted molar refractivity (Wildman–Crippen MR) is 569 cm³/mol. The van der Waals surface area contributed by atoms with Crippen LogP contribution in [0.15, 0.2) is 139 Å². The molecule has 0 radical (unpaired) electrons. The number of anilines is 10. The first-order chi connectivity index (χ1) is 67.6. The van der Waals surface area contributed by atoms with Crippen molar-refractivity contribution in [1.29, 1.82) is 0 Å². The zero-order valence-corrected chi connectivity index (χ0v) is 86.4. The largest absolute Gasteiger partial charge is 0.383 e. The molecule has 20 N–H and O–H groups in total. The van der Waals surface area contributed by atoms with Crippen LogP contribution in [0, 0.1) is 56.5 Å². The fourth-order valence-corrected chi connectivity index (χ4v) is 26.5. The molecule has 5 aromatic carbocycles. The van der Waals surface area contributed by atoms with Crippen molar-refractivity contribution in [3.05, 3.63) is 199 Å². The van der Waals surface area contributed by atoms with Gasteiger partial charge in [0, 0.05) is 142 Å².